The van der Waals surface area contributed by atoms with Crippen molar-refractivity contribution in [2.75, 3.05) is 25.2 Å². The lowest BCUT2D eigenvalue weighted by Gasteiger charge is -2.12. The molecule has 0 spiro atoms. The van der Waals surface area contributed by atoms with Gasteiger partial charge in [0.2, 0.25) is 0 Å². The Bertz CT molecular complexity index is 548. The summed E-state index contributed by atoms with van der Waals surface area (Å²) in [5.74, 6) is -0.435. The molecule has 1 amide bonds. The highest BCUT2D eigenvalue weighted by atomic mass is 32.2. The Balaban J connectivity index is 2.96. The van der Waals surface area contributed by atoms with Crippen molar-refractivity contribution >= 4 is 28.1 Å². The van der Waals surface area contributed by atoms with E-state index in [1.807, 2.05) is 0 Å². The fourth-order valence-electron chi connectivity index (χ4n) is 1.59. The lowest BCUT2D eigenvalue weighted by atomic mass is 10.1. The van der Waals surface area contributed by atoms with Gasteiger partial charge < -0.3 is 10.6 Å². The standard InChI is InChI=1S/C12H17N3O4S/c1-8(20(3)19)7-14-12(16)9-5-4-6-10(15(17)18)11(9)13-2/h4-6,8,13H,7H2,1-3H3,(H,14,16). The predicted octanol–water partition coefficient (Wildman–Crippen LogP) is 1.13. The maximum absolute atomic E-state index is 12.1. The second kappa shape index (κ2) is 6.99. The molecule has 2 N–H and O–H groups in total. The number of anilines is 1. The number of nitro benzene ring substituents is 1. The van der Waals surface area contributed by atoms with E-state index in [0.29, 0.717) is 0 Å². The minimum absolute atomic E-state index is 0.160. The fourth-order valence-corrected chi connectivity index (χ4v) is 1.91. The number of amides is 1. The van der Waals surface area contributed by atoms with E-state index in [-0.39, 0.29) is 28.7 Å². The van der Waals surface area contributed by atoms with Crippen LogP contribution in [0, 0.1) is 10.1 Å². The van der Waals surface area contributed by atoms with Gasteiger partial charge in [-0.05, 0) is 13.0 Å². The molecule has 7 nitrogen and oxygen atoms in total. The summed E-state index contributed by atoms with van der Waals surface area (Å²) < 4.78 is 11.2. The van der Waals surface area contributed by atoms with Crippen LogP contribution in [-0.4, -0.2) is 40.1 Å². The minimum Gasteiger partial charge on any atom is -0.382 e. The minimum atomic E-state index is -1.04. The average molecular weight is 299 g/mol. The first-order chi connectivity index (χ1) is 9.38. The summed E-state index contributed by atoms with van der Waals surface area (Å²) in [6, 6.07) is 4.28. The number of carbonyl (C=O) groups is 1. The molecule has 1 aromatic carbocycles. The summed E-state index contributed by atoms with van der Waals surface area (Å²) in [5.41, 5.74) is 0.198. The van der Waals surface area contributed by atoms with Crippen molar-refractivity contribution in [3.05, 3.63) is 33.9 Å². The van der Waals surface area contributed by atoms with Crippen LogP contribution in [0.2, 0.25) is 0 Å². The van der Waals surface area contributed by atoms with Crippen LogP contribution in [0.15, 0.2) is 18.2 Å². The number of hydrogen-bond acceptors (Lipinski definition) is 5. The van der Waals surface area contributed by atoms with E-state index < -0.39 is 21.6 Å². The molecule has 0 saturated carbocycles. The molecule has 0 aliphatic heterocycles. The van der Waals surface area contributed by atoms with Gasteiger partial charge in [-0.2, -0.15) is 0 Å². The number of carbonyl (C=O) groups excluding carboxylic acids is 1. The number of nitrogens with zero attached hydrogens (tertiary/aromatic N) is 1. The maximum Gasteiger partial charge on any atom is 0.293 e. The van der Waals surface area contributed by atoms with E-state index >= 15 is 0 Å². The van der Waals surface area contributed by atoms with Crippen LogP contribution in [0.3, 0.4) is 0 Å². The normalized spacial score (nSPS) is 13.3. The number of benzene rings is 1. The van der Waals surface area contributed by atoms with Crippen LogP contribution in [0.5, 0.6) is 0 Å². The molecular formula is C12H17N3O4S. The monoisotopic (exact) mass is 299 g/mol. The van der Waals surface area contributed by atoms with Gasteiger partial charge in [-0.25, -0.2) is 0 Å². The Labute approximate surface area is 119 Å². The fraction of sp³-hybridized carbons (Fsp3) is 0.417. The molecule has 0 saturated heterocycles. The van der Waals surface area contributed by atoms with E-state index in [2.05, 4.69) is 10.6 Å². The van der Waals surface area contributed by atoms with Crippen molar-refractivity contribution in [1.82, 2.24) is 5.32 Å². The van der Waals surface area contributed by atoms with Crippen LogP contribution in [-0.2, 0) is 10.8 Å². The Kier molecular flexibility index (Phi) is 5.63. The third kappa shape index (κ3) is 3.77. The number of nitro groups is 1. The van der Waals surface area contributed by atoms with Crippen molar-refractivity contribution in [3.63, 3.8) is 0 Å². The summed E-state index contributed by atoms with van der Waals surface area (Å²) in [6.45, 7) is 2.00. The van der Waals surface area contributed by atoms with Gasteiger partial charge in [0.15, 0.2) is 0 Å². The van der Waals surface area contributed by atoms with Gasteiger partial charge in [0.25, 0.3) is 11.6 Å². The molecule has 0 aliphatic carbocycles. The molecule has 0 aromatic heterocycles. The SMILES string of the molecule is CNc1c(C(=O)NCC(C)S(C)=O)cccc1[N+](=O)[O-]. The Morgan fingerprint density at radius 1 is 1.50 bits per heavy atom. The third-order valence-corrected chi connectivity index (χ3v) is 4.15. The molecule has 110 valence electrons. The number of para-hydroxylation sites is 1. The highest BCUT2D eigenvalue weighted by Gasteiger charge is 2.20. The first-order valence-corrected chi connectivity index (χ1v) is 7.56. The van der Waals surface area contributed by atoms with Gasteiger partial charge >= 0.3 is 0 Å². The molecule has 0 radical (unpaired) electrons. The first kappa shape index (κ1) is 16.1. The van der Waals surface area contributed by atoms with Crippen LogP contribution in [0.25, 0.3) is 0 Å². The first-order valence-electron chi connectivity index (χ1n) is 5.94. The van der Waals surface area contributed by atoms with Crippen molar-refractivity contribution in [2.24, 2.45) is 0 Å². The Morgan fingerprint density at radius 2 is 2.15 bits per heavy atom. The van der Waals surface area contributed by atoms with E-state index in [1.165, 1.54) is 25.2 Å². The number of rotatable bonds is 6. The molecule has 2 unspecified atom stereocenters. The third-order valence-electron chi connectivity index (χ3n) is 2.85. The van der Waals surface area contributed by atoms with E-state index in [4.69, 9.17) is 0 Å². The second-order valence-electron chi connectivity index (χ2n) is 4.23. The van der Waals surface area contributed by atoms with Crippen molar-refractivity contribution in [2.45, 2.75) is 12.2 Å². The van der Waals surface area contributed by atoms with Crippen LogP contribution < -0.4 is 10.6 Å². The highest BCUT2D eigenvalue weighted by Crippen LogP contribution is 2.27. The molecule has 0 bridgehead atoms. The molecule has 20 heavy (non-hydrogen) atoms. The van der Waals surface area contributed by atoms with Crippen LogP contribution in [0.4, 0.5) is 11.4 Å². The van der Waals surface area contributed by atoms with Crippen LogP contribution in [0.1, 0.15) is 17.3 Å². The molecule has 0 fully saturated rings. The zero-order valence-electron chi connectivity index (χ0n) is 11.5. The summed E-state index contributed by atoms with van der Waals surface area (Å²) in [6.07, 6.45) is 1.56. The van der Waals surface area contributed by atoms with Gasteiger partial charge in [0.05, 0.1) is 10.5 Å². The molecular weight excluding hydrogens is 282 g/mol. The second-order valence-corrected chi connectivity index (χ2v) is 6.03. The largest absolute Gasteiger partial charge is 0.382 e. The Morgan fingerprint density at radius 3 is 2.65 bits per heavy atom. The van der Waals surface area contributed by atoms with Crippen molar-refractivity contribution in [1.29, 1.82) is 0 Å². The zero-order chi connectivity index (χ0) is 15.3. The topological polar surface area (TPSA) is 101 Å². The Hall–Kier alpha value is -1.96. The molecule has 0 heterocycles. The number of nitrogens with one attached hydrogen (secondary N) is 2. The van der Waals surface area contributed by atoms with Gasteiger partial charge in [-0.1, -0.05) is 6.07 Å². The zero-order valence-corrected chi connectivity index (χ0v) is 12.3. The number of hydrogen-bond donors (Lipinski definition) is 2. The van der Waals surface area contributed by atoms with E-state index in [0.717, 1.165) is 0 Å². The van der Waals surface area contributed by atoms with Gasteiger partial charge in [-0.15, -0.1) is 0 Å². The van der Waals surface area contributed by atoms with Crippen molar-refractivity contribution in [3.8, 4) is 0 Å². The molecule has 8 heteroatoms. The lowest BCUT2D eigenvalue weighted by Crippen LogP contribution is -2.33. The quantitative estimate of drug-likeness (QED) is 0.605. The lowest BCUT2D eigenvalue weighted by molar-refractivity contribution is -0.384. The van der Waals surface area contributed by atoms with Gasteiger partial charge in [-0.3, -0.25) is 19.1 Å². The van der Waals surface area contributed by atoms with E-state index in [1.54, 1.807) is 13.2 Å². The smallest absolute Gasteiger partial charge is 0.293 e. The molecule has 1 aromatic rings. The van der Waals surface area contributed by atoms with Gasteiger partial charge in [0.1, 0.15) is 5.69 Å². The molecule has 0 aliphatic rings. The van der Waals surface area contributed by atoms with Crippen LogP contribution >= 0.6 is 0 Å². The maximum atomic E-state index is 12.1. The highest BCUT2D eigenvalue weighted by molar-refractivity contribution is 7.84. The summed E-state index contributed by atoms with van der Waals surface area (Å²) >= 11 is 0. The molecule has 2 atom stereocenters. The predicted molar refractivity (Wildman–Crippen MR) is 78.5 cm³/mol. The summed E-state index contributed by atoms with van der Waals surface area (Å²) in [4.78, 5) is 22.4. The summed E-state index contributed by atoms with van der Waals surface area (Å²) in [5, 5.41) is 16.0. The average Bonchev–Trinajstić information content (AvgIpc) is 2.42. The van der Waals surface area contributed by atoms with Gasteiger partial charge in [0, 0.05) is 42.0 Å². The van der Waals surface area contributed by atoms with Crippen molar-refractivity contribution < 1.29 is 13.9 Å². The molecule has 1 rings (SSSR count). The van der Waals surface area contributed by atoms with E-state index in [9.17, 15) is 19.1 Å². The summed E-state index contributed by atoms with van der Waals surface area (Å²) in [7, 11) is 0.476.